The maximum Gasteiger partial charge on any atom is 0.220 e. The second kappa shape index (κ2) is 52.8. The number of carbonyl (C=O) groups is 1. The molecule has 1 heterocycles. The lowest BCUT2D eigenvalue weighted by atomic mass is 9.99. The normalized spacial score (nSPS) is 19.3. The Morgan fingerprint density at radius 2 is 0.819 bits per heavy atom. The molecule has 6 N–H and O–H groups in total. The van der Waals surface area contributed by atoms with Gasteiger partial charge in [0, 0.05) is 6.42 Å². The molecule has 1 saturated heterocycles. The van der Waals surface area contributed by atoms with Crippen molar-refractivity contribution in [1.29, 1.82) is 0 Å². The lowest BCUT2D eigenvalue weighted by Crippen LogP contribution is -2.60. The first-order valence-corrected chi connectivity index (χ1v) is 31.2. The van der Waals surface area contributed by atoms with E-state index in [2.05, 4.69) is 43.5 Å². The third-order valence-electron chi connectivity index (χ3n) is 15.0. The molecular formula is C63H119NO8. The third-order valence-corrected chi connectivity index (χ3v) is 15.0. The van der Waals surface area contributed by atoms with E-state index >= 15 is 0 Å². The first-order valence-electron chi connectivity index (χ1n) is 31.2. The van der Waals surface area contributed by atoms with Gasteiger partial charge in [0.15, 0.2) is 6.29 Å². The van der Waals surface area contributed by atoms with E-state index in [1.165, 1.54) is 238 Å². The highest BCUT2D eigenvalue weighted by Crippen LogP contribution is 2.23. The van der Waals surface area contributed by atoms with Crippen LogP contribution in [0.25, 0.3) is 0 Å². The predicted molar refractivity (Wildman–Crippen MR) is 304 cm³/mol. The molecule has 1 fully saturated rings. The summed E-state index contributed by atoms with van der Waals surface area (Å²) in [7, 11) is 0. The molecule has 0 radical (unpaired) electrons. The molecule has 72 heavy (non-hydrogen) atoms. The summed E-state index contributed by atoms with van der Waals surface area (Å²) in [4.78, 5) is 13.0. The minimum absolute atomic E-state index is 0.174. The average molecular weight is 1020 g/mol. The predicted octanol–water partition coefficient (Wildman–Crippen LogP) is 15.9. The second-order valence-corrected chi connectivity index (χ2v) is 21.9. The van der Waals surface area contributed by atoms with E-state index in [1.807, 2.05) is 6.08 Å². The number of carbonyl (C=O) groups excluding carboxylic acids is 1. The number of ether oxygens (including phenoxy) is 2. The molecule has 1 aliphatic rings. The van der Waals surface area contributed by atoms with Crippen LogP contribution in [-0.2, 0) is 14.3 Å². The summed E-state index contributed by atoms with van der Waals surface area (Å²) in [6.45, 7) is 3.79. The van der Waals surface area contributed by atoms with E-state index in [9.17, 15) is 30.3 Å². The van der Waals surface area contributed by atoms with Crippen molar-refractivity contribution in [3.05, 3.63) is 36.5 Å². The molecule has 1 aliphatic heterocycles. The summed E-state index contributed by atoms with van der Waals surface area (Å²) >= 11 is 0. The number of hydrogen-bond acceptors (Lipinski definition) is 8. The number of rotatable bonds is 54. The molecule has 9 heteroatoms. The van der Waals surface area contributed by atoms with Gasteiger partial charge in [0.25, 0.3) is 0 Å². The standard InChI is InChI=1S/C63H119NO8/c1-3-5-7-9-11-13-15-17-18-19-20-21-22-23-24-25-26-27-28-29-30-31-32-33-34-35-36-37-38-39-40-41-43-45-47-49-51-53-59(67)64-56(55-71-63-62(70)61(69)60(68)58(54-65)72-63)57(66)52-50-48-46-44-42-16-14-12-10-8-6-4-2/h24-25,27-28,50,52,56-58,60-63,65-66,68-70H,3-23,26,29-49,51,53-55H2,1-2H3,(H,64,67)/b25-24-,28-27-,52-50+. The number of unbranched alkanes of at least 4 members (excludes halogenated alkanes) is 40. The van der Waals surface area contributed by atoms with Gasteiger partial charge < -0.3 is 40.3 Å². The van der Waals surface area contributed by atoms with Gasteiger partial charge in [0.05, 0.1) is 25.4 Å². The summed E-state index contributed by atoms with van der Waals surface area (Å²) in [5, 5.41) is 54.4. The maximum atomic E-state index is 13.0. The number of aliphatic hydroxyl groups excluding tert-OH is 5. The number of nitrogens with one attached hydrogen (secondary N) is 1. The van der Waals surface area contributed by atoms with Crippen LogP contribution in [-0.4, -0.2) is 87.5 Å². The fraction of sp³-hybridized carbons (Fsp3) is 0.889. The van der Waals surface area contributed by atoms with Gasteiger partial charge >= 0.3 is 0 Å². The zero-order chi connectivity index (χ0) is 52.2. The zero-order valence-electron chi connectivity index (χ0n) is 47.2. The summed E-state index contributed by atoms with van der Waals surface area (Å²) < 4.78 is 11.2. The molecule has 0 spiro atoms. The molecule has 0 aromatic carbocycles. The monoisotopic (exact) mass is 1020 g/mol. The Hall–Kier alpha value is -1.59. The van der Waals surface area contributed by atoms with Crippen LogP contribution in [0.2, 0.25) is 0 Å². The fourth-order valence-corrected chi connectivity index (χ4v) is 10.0. The van der Waals surface area contributed by atoms with E-state index in [-0.39, 0.29) is 12.5 Å². The summed E-state index contributed by atoms with van der Waals surface area (Å²) in [6.07, 6.45) is 62.5. The maximum absolute atomic E-state index is 13.0. The summed E-state index contributed by atoms with van der Waals surface area (Å²) in [6, 6.07) is -0.803. The van der Waals surface area contributed by atoms with Crippen molar-refractivity contribution in [3.8, 4) is 0 Å². The highest BCUT2D eigenvalue weighted by molar-refractivity contribution is 5.76. The SMILES string of the molecule is CCCCCCCCCCCC/C=C/C(O)C(COC1OC(CO)C(O)C(O)C1O)NC(=O)CCCCCCCCCCCCCCCCCCC/C=C\C/C=C\CCCCCCCCCCCCCCC. The smallest absolute Gasteiger partial charge is 0.220 e. The first kappa shape index (κ1) is 68.4. The number of aliphatic hydroxyl groups is 5. The molecule has 424 valence electrons. The molecule has 0 aromatic rings. The molecule has 0 saturated carbocycles. The molecular weight excluding hydrogens is 899 g/mol. The van der Waals surface area contributed by atoms with Gasteiger partial charge in [-0.15, -0.1) is 0 Å². The summed E-state index contributed by atoms with van der Waals surface area (Å²) in [5.41, 5.74) is 0. The highest BCUT2D eigenvalue weighted by Gasteiger charge is 2.44. The van der Waals surface area contributed by atoms with Crippen LogP contribution < -0.4 is 5.32 Å². The Morgan fingerprint density at radius 1 is 0.472 bits per heavy atom. The van der Waals surface area contributed by atoms with Crippen LogP contribution in [0, 0.1) is 0 Å². The number of hydrogen-bond donors (Lipinski definition) is 6. The van der Waals surface area contributed by atoms with E-state index in [4.69, 9.17) is 9.47 Å². The van der Waals surface area contributed by atoms with Gasteiger partial charge in [-0.2, -0.15) is 0 Å². The Kier molecular flexibility index (Phi) is 50.2. The van der Waals surface area contributed by atoms with Crippen molar-refractivity contribution in [2.75, 3.05) is 13.2 Å². The third kappa shape index (κ3) is 41.6. The van der Waals surface area contributed by atoms with Crippen LogP contribution in [0.5, 0.6) is 0 Å². The molecule has 0 bridgehead atoms. The van der Waals surface area contributed by atoms with E-state index in [0.717, 1.165) is 44.9 Å². The minimum atomic E-state index is -1.56. The lowest BCUT2D eigenvalue weighted by molar-refractivity contribution is -0.302. The average Bonchev–Trinajstić information content (AvgIpc) is 3.38. The van der Waals surface area contributed by atoms with E-state index in [1.54, 1.807) is 6.08 Å². The topological polar surface area (TPSA) is 149 Å². The van der Waals surface area contributed by atoms with Crippen molar-refractivity contribution in [1.82, 2.24) is 5.32 Å². The Morgan fingerprint density at radius 3 is 1.19 bits per heavy atom. The first-order chi connectivity index (χ1) is 35.3. The minimum Gasteiger partial charge on any atom is -0.394 e. The van der Waals surface area contributed by atoms with Crippen molar-refractivity contribution in [3.63, 3.8) is 0 Å². The number of amides is 1. The van der Waals surface area contributed by atoms with Gasteiger partial charge in [-0.3, -0.25) is 4.79 Å². The second-order valence-electron chi connectivity index (χ2n) is 21.9. The largest absolute Gasteiger partial charge is 0.394 e. The van der Waals surface area contributed by atoms with Crippen molar-refractivity contribution in [2.24, 2.45) is 0 Å². The van der Waals surface area contributed by atoms with Crippen LogP contribution in [0.15, 0.2) is 36.5 Å². The molecule has 9 nitrogen and oxygen atoms in total. The zero-order valence-corrected chi connectivity index (χ0v) is 47.2. The number of allylic oxidation sites excluding steroid dienone is 5. The van der Waals surface area contributed by atoms with E-state index < -0.39 is 49.5 Å². The fourth-order valence-electron chi connectivity index (χ4n) is 10.0. The Bertz CT molecular complexity index is 1230. The highest BCUT2D eigenvalue weighted by atomic mass is 16.7. The van der Waals surface area contributed by atoms with Gasteiger partial charge in [-0.25, -0.2) is 0 Å². The quantitative estimate of drug-likeness (QED) is 0.0261. The van der Waals surface area contributed by atoms with Crippen LogP contribution in [0.4, 0.5) is 0 Å². The van der Waals surface area contributed by atoms with E-state index in [0.29, 0.717) is 6.42 Å². The molecule has 1 rings (SSSR count). The van der Waals surface area contributed by atoms with Crippen molar-refractivity contribution in [2.45, 2.75) is 346 Å². The van der Waals surface area contributed by atoms with Gasteiger partial charge in [0.1, 0.15) is 24.4 Å². The van der Waals surface area contributed by atoms with Crippen LogP contribution in [0.3, 0.4) is 0 Å². The van der Waals surface area contributed by atoms with Gasteiger partial charge in [-0.05, 0) is 51.4 Å². The molecule has 7 atom stereocenters. The Labute approximate surface area is 444 Å². The van der Waals surface area contributed by atoms with Gasteiger partial charge in [0.2, 0.25) is 5.91 Å². The van der Waals surface area contributed by atoms with Crippen LogP contribution >= 0.6 is 0 Å². The summed E-state index contributed by atoms with van der Waals surface area (Å²) in [5.74, 6) is -0.174. The Balaban J connectivity index is 2.05. The molecule has 7 unspecified atom stereocenters. The molecule has 0 aromatic heterocycles. The van der Waals surface area contributed by atoms with Crippen molar-refractivity contribution >= 4 is 5.91 Å². The lowest BCUT2D eigenvalue weighted by Gasteiger charge is -2.40. The molecule has 0 aliphatic carbocycles. The van der Waals surface area contributed by atoms with Crippen LogP contribution in [0.1, 0.15) is 303 Å². The molecule has 1 amide bonds. The van der Waals surface area contributed by atoms with Gasteiger partial charge in [-0.1, -0.05) is 281 Å². The van der Waals surface area contributed by atoms with Crippen molar-refractivity contribution < 1.29 is 39.8 Å².